The van der Waals surface area contributed by atoms with Crippen molar-refractivity contribution in [1.82, 2.24) is 25.3 Å². The smallest absolute Gasteiger partial charge is 0.273 e. The van der Waals surface area contributed by atoms with Crippen molar-refractivity contribution in [3.05, 3.63) is 53.9 Å². The van der Waals surface area contributed by atoms with Gasteiger partial charge in [0.1, 0.15) is 12.3 Å². The van der Waals surface area contributed by atoms with Gasteiger partial charge in [0.05, 0.1) is 11.8 Å². The first kappa shape index (κ1) is 19.0. The summed E-state index contributed by atoms with van der Waals surface area (Å²) in [5, 5.41) is 8.25. The normalized spacial score (nSPS) is 18.9. The molecule has 1 aliphatic rings. The van der Waals surface area contributed by atoms with Gasteiger partial charge in [-0.2, -0.15) is 4.98 Å². The average Bonchev–Trinajstić information content (AvgIpc) is 3.39. The fourth-order valence-corrected chi connectivity index (χ4v) is 3.72. The fraction of sp³-hybridized carbons (Fsp3) is 0.350. The lowest BCUT2D eigenvalue weighted by molar-refractivity contribution is -0.124. The zero-order valence-electron chi connectivity index (χ0n) is 16.2. The van der Waals surface area contributed by atoms with Crippen LogP contribution < -0.4 is 5.32 Å². The van der Waals surface area contributed by atoms with Gasteiger partial charge in [0.2, 0.25) is 11.8 Å². The summed E-state index contributed by atoms with van der Waals surface area (Å²) < 4.78 is 10.4. The van der Waals surface area contributed by atoms with E-state index in [9.17, 15) is 9.59 Å². The van der Waals surface area contributed by atoms with Gasteiger partial charge in [-0.05, 0) is 11.5 Å². The van der Waals surface area contributed by atoms with Crippen molar-refractivity contribution < 1.29 is 18.8 Å². The van der Waals surface area contributed by atoms with E-state index in [0.29, 0.717) is 17.4 Å². The van der Waals surface area contributed by atoms with Crippen LogP contribution in [0.15, 0.2) is 41.1 Å². The summed E-state index contributed by atoms with van der Waals surface area (Å²) >= 11 is 0. The van der Waals surface area contributed by atoms with E-state index in [0.717, 1.165) is 10.8 Å². The maximum Gasteiger partial charge on any atom is 0.273 e. The number of carbonyl (C=O) groups is 2. The van der Waals surface area contributed by atoms with Crippen molar-refractivity contribution >= 4 is 22.6 Å². The number of hydrogen-bond acceptors (Lipinski definition) is 7. The molecule has 3 heterocycles. The van der Waals surface area contributed by atoms with Crippen LogP contribution in [0.4, 0.5) is 0 Å². The van der Waals surface area contributed by atoms with Gasteiger partial charge < -0.3 is 19.5 Å². The van der Waals surface area contributed by atoms with Crippen molar-refractivity contribution in [3.8, 4) is 0 Å². The molecule has 150 valence electrons. The second-order valence-corrected chi connectivity index (χ2v) is 6.90. The molecule has 0 aliphatic carbocycles. The predicted molar refractivity (Wildman–Crippen MR) is 103 cm³/mol. The molecule has 1 aromatic carbocycles. The molecule has 1 saturated heterocycles. The SMILES string of the molecule is CNC(=O)C1CN(C(=O)c2nccc3ccccc23)CC1c1nc(COC)no1. The lowest BCUT2D eigenvalue weighted by atomic mass is 9.95. The molecular formula is C20H21N5O4. The van der Waals surface area contributed by atoms with Gasteiger partial charge in [-0.3, -0.25) is 14.6 Å². The fourth-order valence-electron chi connectivity index (χ4n) is 3.72. The first-order chi connectivity index (χ1) is 14.1. The molecule has 2 atom stereocenters. The summed E-state index contributed by atoms with van der Waals surface area (Å²) in [5.41, 5.74) is 0.366. The third kappa shape index (κ3) is 3.56. The van der Waals surface area contributed by atoms with Gasteiger partial charge in [-0.1, -0.05) is 29.4 Å². The number of hydrogen-bond donors (Lipinski definition) is 1. The standard InChI is InChI=1S/C20H21N5O4/c1-21-18(26)14-9-25(10-15(14)19-23-16(11-28-2)24-29-19)20(27)17-13-6-4-3-5-12(13)7-8-22-17/h3-8,14-15H,9-11H2,1-2H3,(H,21,26). The Balaban J connectivity index is 1.64. The molecule has 2 unspecified atom stereocenters. The van der Waals surface area contributed by atoms with E-state index in [1.54, 1.807) is 18.1 Å². The number of ether oxygens (including phenoxy) is 1. The molecule has 9 heteroatoms. The number of pyridine rings is 1. The molecule has 0 saturated carbocycles. The van der Waals surface area contributed by atoms with E-state index < -0.39 is 11.8 Å². The molecule has 1 fully saturated rings. The van der Waals surface area contributed by atoms with Crippen LogP contribution in [0.5, 0.6) is 0 Å². The Hall–Kier alpha value is -3.33. The van der Waals surface area contributed by atoms with Gasteiger partial charge in [-0.25, -0.2) is 0 Å². The first-order valence-corrected chi connectivity index (χ1v) is 9.28. The Morgan fingerprint density at radius 3 is 2.90 bits per heavy atom. The molecule has 1 N–H and O–H groups in total. The highest BCUT2D eigenvalue weighted by molar-refractivity contribution is 6.05. The van der Waals surface area contributed by atoms with Gasteiger partial charge in [0.25, 0.3) is 5.91 Å². The summed E-state index contributed by atoms with van der Waals surface area (Å²) in [6, 6.07) is 9.45. The Bertz CT molecular complexity index is 1040. The quantitative estimate of drug-likeness (QED) is 0.694. The summed E-state index contributed by atoms with van der Waals surface area (Å²) in [7, 11) is 3.11. The van der Waals surface area contributed by atoms with Crippen LogP contribution in [0.25, 0.3) is 10.8 Å². The summed E-state index contributed by atoms with van der Waals surface area (Å²) in [4.78, 5) is 36.0. The number of aromatic nitrogens is 3. The van der Waals surface area contributed by atoms with Gasteiger partial charge in [-0.15, -0.1) is 0 Å². The van der Waals surface area contributed by atoms with Gasteiger partial charge in [0, 0.05) is 38.8 Å². The minimum Gasteiger partial charge on any atom is -0.377 e. The molecule has 1 aliphatic heterocycles. The van der Waals surface area contributed by atoms with Gasteiger partial charge >= 0.3 is 0 Å². The lowest BCUT2D eigenvalue weighted by Crippen LogP contribution is -2.34. The van der Waals surface area contributed by atoms with Crippen LogP contribution in [-0.4, -0.2) is 59.1 Å². The Labute approximate surface area is 167 Å². The molecule has 3 aromatic rings. The van der Waals surface area contributed by atoms with E-state index in [4.69, 9.17) is 9.26 Å². The monoisotopic (exact) mass is 395 g/mol. The van der Waals surface area contributed by atoms with Crippen LogP contribution in [0.2, 0.25) is 0 Å². The van der Waals surface area contributed by atoms with Crippen molar-refractivity contribution in [3.63, 3.8) is 0 Å². The zero-order valence-corrected chi connectivity index (χ0v) is 16.2. The summed E-state index contributed by atoms with van der Waals surface area (Å²) in [5.74, 6) is -0.565. The number of benzene rings is 1. The molecule has 0 bridgehead atoms. The van der Waals surface area contributed by atoms with Crippen molar-refractivity contribution in [2.24, 2.45) is 5.92 Å². The third-order valence-corrected chi connectivity index (χ3v) is 5.14. The van der Waals surface area contributed by atoms with E-state index in [1.165, 1.54) is 7.11 Å². The molecule has 9 nitrogen and oxygen atoms in total. The number of fused-ring (bicyclic) bond motifs is 1. The predicted octanol–water partition coefficient (Wildman–Crippen LogP) is 1.37. The highest BCUT2D eigenvalue weighted by Gasteiger charge is 2.43. The topological polar surface area (TPSA) is 110 Å². The molecule has 0 spiro atoms. The molecule has 0 radical (unpaired) electrons. The highest BCUT2D eigenvalue weighted by atomic mass is 16.5. The second kappa shape index (κ2) is 7.96. The zero-order chi connectivity index (χ0) is 20.4. The Morgan fingerprint density at radius 2 is 2.10 bits per heavy atom. The number of rotatable bonds is 5. The van der Waals surface area contributed by atoms with Crippen molar-refractivity contribution in [2.45, 2.75) is 12.5 Å². The Kier molecular flexibility index (Phi) is 5.22. The number of amides is 2. The second-order valence-electron chi connectivity index (χ2n) is 6.90. The number of nitrogens with one attached hydrogen (secondary N) is 1. The molecular weight excluding hydrogens is 374 g/mol. The molecule has 29 heavy (non-hydrogen) atoms. The van der Waals surface area contributed by atoms with Crippen molar-refractivity contribution in [1.29, 1.82) is 0 Å². The van der Waals surface area contributed by atoms with E-state index in [2.05, 4.69) is 20.4 Å². The Morgan fingerprint density at radius 1 is 1.28 bits per heavy atom. The maximum absolute atomic E-state index is 13.2. The lowest BCUT2D eigenvalue weighted by Gasteiger charge is -2.16. The first-order valence-electron chi connectivity index (χ1n) is 9.28. The highest BCUT2D eigenvalue weighted by Crippen LogP contribution is 2.33. The average molecular weight is 395 g/mol. The van der Waals surface area contributed by atoms with E-state index in [-0.39, 0.29) is 31.5 Å². The minimum absolute atomic E-state index is 0.178. The number of carbonyl (C=O) groups excluding carboxylic acids is 2. The van der Waals surface area contributed by atoms with E-state index in [1.807, 2.05) is 30.3 Å². The molecule has 2 aromatic heterocycles. The third-order valence-electron chi connectivity index (χ3n) is 5.14. The minimum atomic E-state index is -0.491. The van der Waals surface area contributed by atoms with Crippen LogP contribution in [0.3, 0.4) is 0 Å². The number of likely N-dealkylation sites (tertiary alicyclic amines) is 1. The van der Waals surface area contributed by atoms with E-state index >= 15 is 0 Å². The number of methoxy groups -OCH3 is 1. The summed E-state index contributed by atoms with van der Waals surface area (Å²) in [6.07, 6.45) is 1.62. The van der Waals surface area contributed by atoms with Crippen LogP contribution in [0, 0.1) is 5.92 Å². The number of nitrogens with zero attached hydrogens (tertiary/aromatic N) is 4. The summed E-state index contributed by atoms with van der Waals surface area (Å²) in [6.45, 7) is 0.746. The van der Waals surface area contributed by atoms with Crippen LogP contribution in [-0.2, 0) is 16.1 Å². The maximum atomic E-state index is 13.2. The van der Waals surface area contributed by atoms with Crippen LogP contribution >= 0.6 is 0 Å². The molecule has 4 rings (SSSR count). The van der Waals surface area contributed by atoms with Crippen LogP contribution in [0.1, 0.15) is 28.1 Å². The molecule has 2 amide bonds. The van der Waals surface area contributed by atoms with Crippen molar-refractivity contribution in [2.75, 3.05) is 27.2 Å². The largest absolute Gasteiger partial charge is 0.377 e. The van der Waals surface area contributed by atoms with Gasteiger partial charge in [0.15, 0.2) is 5.82 Å².